The topological polar surface area (TPSA) is 62.3 Å². The summed E-state index contributed by atoms with van der Waals surface area (Å²) in [5.74, 6) is 0.583. The van der Waals surface area contributed by atoms with Crippen LogP contribution in [0.15, 0.2) is 24.4 Å². The van der Waals surface area contributed by atoms with Gasteiger partial charge in [0.1, 0.15) is 0 Å². The van der Waals surface area contributed by atoms with Gasteiger partial charge in [0.25, 0.3) is 0 Å². The Hall–Kier alpha value is -0.980. The summed E-state index contributed by atoms with van der Waals surface area (Å²) < 4.78 is 26.4. The van der Waals surface area contributed by atoms with Crippen LogP contribution in [0.4, 0.5) is 0 Å². The molecule has 0 spiro atoms. The van der Waals surface area contributed by atoms with Crippen LogP contribution in [0.5, 0.6) is 0 Å². The lowest BCUT2D eigenvalue weighted by Gasteiger charge is -2.32. The summed E-state index contributed by atoms with van der Waals surface area (Å²) in [4.78, 5) is 6.82. The maximum atomic E-state index is 11.8. The number of aromatic nitrogens is 1. The van der Waals surface area contributed by atoms with Crippen LogP contribution >= 0.6 is 0 Å². The van der Waals surface area contributed by atoms with E-state index in [4.69, 9.17) is 0 Å². The van der Waals surface area contributed by atoms with E-state index in [2.05, 4.69) is 20.7 Å². The van der Waals surface area contributed by atoms with E-state index in [-0.39, 0.29) is 5.25 Å². The molecule has 6 heteroatoms. The maximum Gasteiger partial charge on any atom is 0.214 e. The first-order valence-corrected chi connectivity index (χ1v) is 9.79. The van der Waals surface area contributed by atoms with Gasteiger partial charge < -0.3 is 0 Å². The molecule has 0 radical (unpaired) electrons. The first-order chi connectivity index (χ1) is 10.6. The van der Waals surface area contributed by atoms with E-state index in [1.54, 1.807) is 0 Å². The van der Waals surface area contributed by atoms with Crippen LogP contribution in [-0.2, 0) is 16.6 Å². The van der Waals surface area contributed by atoms with E-state index in [9.17, 15) is 8.42 Å². The van der Waals surface area contributed by atoms with Crippen LogP contribution < -0.4 is 4.72 Å². The van der Waals surface area contributed by atoms with Gasteiger partial charge in [-0.05, 0) is 56.7 Å². The Morgan fingerprint density at radius 3 is 2.86 bits per heavy atom. The zero-order chi connectivity index (χ0) is 15.4. The zero-order valence-corrected chi connectivity index (χ0v) is 13.8. The minimum absolute atomic E-state index is 0.112. The predicted octanol–water partition coefficient (Wildman–Crippen LogP) is 1.77. The molecule has 1 aliphatic carbocycles. The highest BCUT2D eigenvalue weighted by atomic mass is 32.2. The molecule has 2 fully saturated rings. The molecule has 1 aromatic rings. The van der Waals surface area contributed by atoms with Gasteiger partial charge in [0, 0.05) is 25.8 Å². The average Bonchev–Trinajstić information content (AvgIpc) is 3.34. The van der Waals surface area contributed by atoms with Crippen molar-refractivity contribution in [2.75, 3.05) is 19.6 Å². The monoisotopic (exact) mass is 323 g/mol. The van der Waals surface area contributed by atoms with E-state index in [0.717, 1.165) is 44.6 Å². The molecule has 1 saturated heterocycles. The third-order valence-electron chi connectivity index (χ3n) is 4.53. The van der Waals surface area contributed by atoms with Crippen molar-refractivity contribution in [3.05, 3.63) is 30.1 Å². The van der Waals surface area contributed by atoms with Crippen LogP contribution in [0.1, 0.15) is 37.8 Å². The van der Waals surface area contributed by atoms with Crippen molar-refractivity contribution in [2.24, 2.45) is 5.92 Å². The van der Waals surface area contributed by atoms with Gasteiger partial charge in [-0.2, -0.15) is 0 Å². The van der Waals surface area contributed by atoms with Gasteiger partial charge in [0.2, 0.25) is 10.0 Å². The van der Waals surface area contributed by atoms with Crippen molar-refractivity contribution in [1.29, 1.82) is 0 Å². The molecule has 5 nitrogen and oxygen atoms in total. The SMILES string of the molecule is O=S(=O)(NCC[C@H]1CCCN(Cc2ccccn2)C1)C1CC1. The zero-order valence-electron chi connectivity index (χ0n) is 12.9. The summed E-state index contributed by atoms with van der Waals surface area (Å²) in [6.07, 6.45) is 6.82. The molecule has 0 bridgehead atoms. The Kier molecular flexibility index (Phi) is 5.10. The van der Waals surface area contributed by atoms with Gasteiger partial charge in [0.15, 0.2) is 0 Å². The number of pyridine rings is 1. The van der Waals surface area contributed by atoms with Gasteiger partial charge in [-0.25, -0.2) is 13.1 Å². The first kappa shape index (κ1) is 15.9. The van der Waals surface area contributed by atoms with E-state index in [1.165, 1.54) is 12.8 Å². The average molecular weight is 323 g/mol. The van der Waals surface area contributed by atoms with Crippen molar-refractivity contribution >= 4 is 10.0 Å². The number of nitrogens with one attached hydrogen (secondary N) is 1. The highest BCUT2D eigenvalue weighted by Gasteiger charge is 2.35. The fourth-order valence-electron chi connectivity index (χ4n) is 3.15. The Morgan fingerprint density at radius 2 is 2.14 bits per heavy atom. The number of likely N-dealkylation sites (tertiary alicyclic amines) is 1. The molecule has 3 rings (SSSR count). The fourth-order valence-corrected chi connectivity index (χ4v) is 4.55. The summed E-state index contributed by atoms with van der Waals surface area (Å²) in [7, 11) is -3.02. The standard InChI is InChI=1S/C16H25N3O2S/c20-22(21,16-6-7-16)18-10-8-14-4-3-11-19(12-14)13-15-5-1-2-9-17-15/h1-2,5,9,14,16,18H,3-4,6-8,10-13H2/t14-/m1/s1. The minimum Gasteiger partial charge on any atom is -0.297 e. The lowest BCUT2D eigenvalue weighted by molar-refractivity contribution is 0.161. The molecule has 1 aliphatic heterocycles. The Morgan fingerprint density at radius 1 is 1.27 bits per heavy atom. The van der Waals surface area contributed by atoms with E-state index in [0.29, 0.717) is 12.5 Å². The van der Waals surface area contributed by atoms with Gasteiger partial charge >= 0.3 is 0 Å². The third kappa shape index (κ3) is 4.51. The summed E-state index contributed by atoms with van der Waals surface area (Å²) in [6, 6.07) is 6.03. The van der Waals surface area contributed by atoms with Crippen molar-refractivity contribution in [2.45, 2.75) is 43.9 Å². The second-order valence-electron chi connectivity index (χ2n) is 6.49. The Bertz CT molecular complexity index is 572. The van der Waals surface area contributed by atoms with Crippen LogP contribution in [0.2, 0.25) is 0 Å². The lowest BCUT2D eigenvalue weighted by atomic mass is 9.95. The number of hydrogen-bond acceptors (Lipinski definition) is 4. The molecule has 22 heavy (non-hydrogen) atoms. The van der Waals surface area contributed by atoms with Crippen molar-refractivity contribution in [1.82, 2.24) is 14.6 Å². The Balaban J connectivity index is 1.42. The molecule has 1 aromatic heterocycles. The summed E-state index contributed by atoms with van der Waals surface area (Å²) in [5, 5.41) is -0.112. The van der Waals surface area contributed by atoms with Crippen LogP contribution in [-0.4, -0.2) is 43.2 Å². The molecule has 0 unspecified atom stereocenters. The van der Waals surface area contributed by atoms with Crippen LogP contribution in [0, 0.1) is 5.92 Å². The number of rotatable bonds is 7. The van der Waals surface area contributed by atoms with Gasteiger partial charge in [-0.15, -0.1) is 0 Å². The minimum atomic E-state index is -3.02. The lowest BCUT2D eigenvalue weighted by Crippen LogP contribution is -2.37. The summed E-state index contributed by atoms with van der Waals surface area (Å²) >= 11 is 0. The van der Waals surface area contributed by atoms with Crippen molar-refractivity contribution in [3.63, 3.8) is 0 Å². The molecule has 2 heterocycles. The number of hydrogen-bond donors (Lipinski definition) is 1. The second kappa shape index (κ2) is 7.06. The predicted molar refractivity (Wildman–Crippen MR) is 86.8 cm³/mol. The smallest absolute Gasteiger partial charge is 0.214 e. The quantitative estimate of drug-likeness (QED) is 0.830. The fraction of sp³-hybridized carbons (Fsp3) is 0.688. The second-order valence-corrected chi connectivity index (χ2v) is 8.54. The molecule has 1 saturated carbocycles. The first-order valence-electron chi connectivity index (χ1n) is 8.24. The van der Waals surface area contributed by atoms with Gasteiger partial charge in [0.05, 0.1) is 10.9 Å². The maximum absolute atomic E-state index is 11.8. The van der Waals surface area contributed by atoms with E-state index >= 15 is 0 Å². The summed E-state index contributed by atoms with van der Waals surface area (Å²) in [5.41, 5.74) is 1.11. The number of sulfonamides is 1. The van der Waals surface area contributed by atoms with Crippen LogP contribution in [0.25, 0.3) is 0 Å². The molecular formula is C16H25N3O2S. The van der Waals surface area contributed by atoms with Gasteiger partial charge in [-0.3, -0.25) is 9.88 Å². The van der Waals surface area contributed by atoms with E-state index < -0.39 is 10.0 Å². The normalized spacial score (nSPS) is 23.5. The number of piperidine rings is 1. The largest absolute Gasteiger partial charge is 0.297 e. The molecule has 122 valence electrons. The highest BCUT2D eigenvalue weighted by Crippen LogP contribution is 2.27. The molecule has 1 atom stereocenters. The molecule has 0 aromatic carbocycles. The Labute approximate surface area is 133 Å². The van der Waals surface area contributed by atoms with Gasteiger partial charge in [-0.1, -0.05) is 6.07 Å². The van der Waals surface area contributed by atoms with Crippen LogP contribution in [0.3, 0.4) is 0 Å². The van der Waals surface area contributed by atoms with Crippen molar-refractivity contribution in [3.8, 4) is 0 Å². The third-order valence-corrected chi connectivity index (χ3v) is 6.49. The highest BCUT2D eigenvalue weighted by molar-refractivity contribution is 7.90. The molecular weight excluding hydrogens is 298 g/mol. The van der Waals surface area contributed by atoms with Crippen molar-refractivity contribution < 1.29 is 8.42 Å². The molecule has 0 amide bonds. The number of nitrogens with zero attached hydrogens (tertiary/aromatic N) is 2. The molecule has 2 aliphatic rings. The van der Waals surface area contributed by atoms with E-state index in [1.807, 2.05) is 18.3 Å². The molecule has 1 N–H and O–H groups in total. The summed E-state index contributed by atoms with van der Waals surface area (Å²) in [6.45, 7) is 3.63.